The van der Waals surface area contributed by atoms with E-state index in [0.29, 0.717) is 53.9 Å². The van der Waals surface area contributed by atoms with Crippen molar-refractivity contribution in [2.24, 2.45) is 5.10 Å². The van der Waals surface area contributed by atoms with Crippen LogP contribution in [0.15, 0.2) is 41.5 Å². The summed E-state index contributed by atoms with van der Waals surface area (Å²) < 4.78 is 37.9. The first-order valence-electron chi connectivity index (χ1n) is 10.4. The van der Waals surface area contributed by atoms with Gasteiger partial charge in [-0.1, -0.05) is 41.4 Å². The molecule has 0 aromatic heterocycles. The highest BCUT2D eigenvalue weighted by atomic mass is 35.5. The molecule has 3 aliphatic rings. The van der Waals surface area contributed by atoms with Crippen molar-refractivity contribution in [2.75, 3.05) is 26.5 Å². The summed E-state index contributed by atoms with van der Waals surface area (Å²) in [7, 11) is -1.65. The molecule has 1 fully saturated rings. The van der Waals surface area contributed by atoms with Crippen molar-refractivity contribution in [3.05, 3.63) is 57.6 Å². The standard InChI is InChI=1S/C22H23Cl2N3O4S/c1-30-20-5-3-4-15-19-13-18(14-6-7-16(23)17(24)12-14)25-27(19)22(31-21(15)20)8-10-26(11-9-22)32(2,28)29/h3-7,12,19H,8-11,13H2,1-2H3/t19-/m1/s1. The van der Waals surface area contributed by atoms with E-state index in [-0.39, 0.29) is 6.04 Å². The molecule has 0 N–H and O–H groups in total. The van der Waals surface area contributed by atoms with Gasteiger partial charge in [-0.15, -0.1) is 0 Å². The van der Waals surface area contributed by atoms with Crippen molar-refractivity contribution in [2.45, 2.75) is 31.0 Å². The normalized spacial score (nSPS) is 22.2. The minimum absolute atomic E-state index is 0.0527. The van der Waals surface area contributed by atoms with Crippen LogP contribution in [0.2, 0.25) is 10.0 Å². The molecule has 2 aromatic rings. The molecule has 5 rings (SSSR count). The maximum absolute atomic E-state index is 12.1. The molecule has 3 heterocycles. The molecule has 0 saturated carbocycles. The fourth-order valence-electron chi connectivity index (χ4n) is 4.78. The van der Waals surface area contributed by atoms with E-state index >= 15 is 0 Å². The quantitative estimate of drug-likeness (QED) is 0.634. The van der Waals surface area contributed by atoms with Crippen molar-refractivity contribution in [1.29, 1.82) is 0 Å². The van der Waals surface area contributed by atoms with Crippen LogP contribution < -0.4 is 9.47 Å². The fourth-order valence-corrected chi connectivity index (χ4v) is 5.92. The zero-order valence-corrected chi connectivity index (χ0v) is 20.0. The third-order valence-electron chi connectivity index (χ3n) is 6.43. The van der Waals surface area contributed by atoms with Crippen LogP contribution in [0.3, 0.4) is 0 Å². The van der Waals surface area contributed by atoms with Gasteiger partial charge in [0.15, 0.2) is 11.5 Å². The summed E-state index contributed by atoms with van der Waals surface area (Å²) in [6, 6.07) is 11.3. The first-order chi connectivity index (χ1) is 15.2. The van der Waals surface area contributed by atoms with Crippen LogP contribution in [0.4, 0.5) is 0 Å². The third-order valence-corrected chi connectivity index (χ3v) is 8.48. The molecule has 3 aliphatic heterocycles. The molecule has 1 atom stereocenters. The molecule has 32 heavy (non-hydrogen) atoms. The number of hydrogen-bond acceptors (Lipinski definition) is 6. The van der Waals surface area contributed by atoms with Crippen LogP contribution in [0, 0.1) is 0 Å². The lowest BCUT2D eigenvalue weighted by atomic mass is 9.91. The minimum Gasteiger partial charge on any atom is -0.493 e. The van der Waals surface area contributed by atoms with E-state index in [0.717, 1.165) is 16.8 Å². The van der Waals surface area contributed by atoms with Gasteiger partial charge in [0.2, 0.25) is 15.7 Å². The number of benzene rings is 2. The summed E-state index contributed by atoms with van der Waals surface area (Å²) in [5.74, 6) is 1.37. The number of ether oxygens (including phenoxy) is 2. The molecule has 1 spiro atoms. The zero-order chi connectivity index (χ0) is 22.7. The second-order valence-corrected chi connectivity index (χ2v) is 11.1. The number of piperidine rings is 1. The van der Waals surface area contributed by atoms with Gasteiger partial charge in [-0.05, 0) is 23.8 Å². The molecule has 2 aromatic carbocycles. The third kappa shape index (κ3) is 3.53. The van der Waals surface area contributed by atoms with Crippen molar-refractivity contribution in [1.82, 2.24) is 9.31 Å². The Morgan fingerprint density at radius 1 is 1.16 bits per heavy atom. The van der Waals surface area contributed by atoms with Crippen LogP contribution in [-0.4, -0.2) is 55.6 Å². The number of hydrogen-bond donors (Lipinski definition) is 0. The Balaban J connectivity index is 1.58. The van der Waals surface area contributed by atoms with Gasteiger partial charge in [-0.25, -0.2) is 17.7 Å². The number of fused-ring (bicyclic) bond motifs is 4. The molecule has 10 heteroatoms. The highest BCUT2D eigenvalue weighted by Gasteiger charge is 2.53. The SMILES string of the molecule is COc1cccc2c1OC1(CCN(S(C)(=O)=O)CC1)N1N=C(c3ccc(Cl)c(Cl)c3)C[C@H]21. The van der Waals surface area contributed by atoms with Crippen LogP contribution >= 0.6 is 23.2 Å². The van der Waals surface area contributed by atoms with Gasteiger partial charge in [0.25, 0.3) is 0 Å². The molecular weight excluding hydrogens is 473 g/mol. The molecule has 0 aliphatic carbocycles. The Kier molecular flexibility index (Phi) is 5.32. The summed E-state index contributed by atoms with van der Waals surface area (Å²) in [6.45, 7) is 0.730. The van der Waals surface area contributed by atoms with E-state index in [1.54, 1.807) is 13.2 Å². The Morgan fingerprint density at radius 2 is 1.91 bits per heavy atom. The van der Waals surface area contributed by atoms with Crippen molar-refractivity contribution in [3.8, 4) is 11.5 Å². The Morgan fingerprint density at radius 3 is 2.56 bits per heavy atom. The molecule has 0 bridgehead atoms. The van der Waals surface area contributed by atoms with Crippen LogP contribution in [0.25, 0.3) is 0 Å². The maximum Gasteiger partial charge on any atom is 0.211 e. The second kappa shape index (κ2) is 7.80. The molecule has 170 valence electrons. The lowest BCUT2D eigenvalue weighted by Gasteiger charge is -2.50. The van der Waals surface area contributed by atoms with Crippen molar-refractivity contribution in [3.63, 3.8) is 0 Å². The number of sulfonamides is 1. The highest BCUT2D eigenvalue weighted by Crippen LogP contribution is 2.52. The zero-order valence-electron chi connectivity index (χ0n) is 17.7. The minimum atomic E-state index is -3.27. The number of rotatable bonds is 3. The van der Waals surface area contributed by atoms with Gasteiger partial charge in [0.1, 0.15) is 0 Å². The van der Waals surface area contributed by atoms with E-state index in [9.17, 15) is 8.42 Å². The van der Waals surface area contributed by atoms with Gasteiger partial charge in [-0.3, -0.25) is 0 Å². The van der Waals surface area contributed by atoms with Gasteiger partial charge in [0.05, 0.1) is 35.2 Å². The van der Waals surface area contributed by atoms with Crippen LogP contribution in [0.5, 0.6) is 11.5 Å². The Hall–Kier alpha value is -2.00. The van der Waals surface area contributed by atoms with Gasteiger partial charge >= 0.3 is 0 Å². The van der Waals surface area contributed by atoms with Crippen molar-refractivity contribution < 1.29 is 17.9 Å². The van der Waals surface area contributed by atoms with E-state index in [2.05, 4.69) is 0 Å². The molecule has 1 saturated heterocycles. The smallest absolute Gasteiger partial charge is 0.211 e. The van der Waals surface area contributed by atoms with E-state index in [4.69, 9.17) is 37.8 Å². The maximum atomic E-state index is 12.1. The highest BCUT2D eigenvalue weighted by molar-refractivity contribution is 7.88. The van der Waals surface area contributed by atoms with Gasteiger partial charge < -0.3 is 9.47 Å². The number of para-hydroxylation sites is 1. The topological polar surface area (TPSA) is 71.4 Å². The number of nitrogens with zero attached hydrogens (tertiary/aromatic N) is 3. The predicted molar refractivity (Wildman–Crippen MR) is 124 cm³/mol. The average molecular weight is 496 g/mol. The summed E-state index contributed by atoms with van der Waals surface area (Å²) >= 11 is 12.4. The molecular formula is C22H23Cl2N3O4S. The summed E-state index contributed by atoms with van der Waals surface area (Å²) in [4.78, 5) is 0. The lowest BCUT2D eigenvalue weighted by molar-refractivity contribution is -0.144. The number of methoxy groups -OCH3 is 1. The van der Waals surface area contributed by atoms with Crippen LogP contribution in [0.1, 0.15) is 36.4 Å². The molecule has 0 amide bonds. The average Bonchev–Trinajstić information content (AvgIpc) is 3.22. The Labute approximate surface area is 197 Å². The van der Waals surface area contributed by atoms with Crippen LogP contribution in [-0.2, 0) is 10.0 Å². The molecule has 0 radical (unpaired) electrons. The predicted octanol–water partition coefficient (Wildman–Crippen LogP) is 4.30. The second-order valence-electron chi connectivity index (χ2n) is 8.33. The van der Waals surface area contributed by atoms with Gasteiger partial charge in [-0.2, -0.15) is 5.10 Å². The number of halogens is 2. The Bertz CT molecular complexity index is 1210. The van der Waals surface area contributed by atoms with Gasteiger partial charge in [0, 0.05) is 37.9 Å². The molecule has 0 unspecified atom stereocenters. The fraction of sp³-hybridized carbons (Fsp3) is 0.409. The summed E-state index contributed by atoms with van der Waals surface area (Å²) in [6.07, 6.45) is 2.89. The first-order valence-corrected chi connectivity index (χ1v) is 13.0. The number of hydrazone groups is 1. The monoisotopic (exact) mass is 495 g/mol. The van der Waals surface area contributed by atoms with Crippen molar-refractivity contribution >= 4 is 38.9 Å². The summed E-state index contributed by atoms with van der Waals surface area (Å²) in [5, 5.41) is 7.98. The lowest BCUT2D eigenvalue weighted by Crippen LogP contribution is -2.59. The summed E-state index contributed by atoms with van der Waals surface area (Å²) in [5.41, 5.74) is 2.03. The van der Waals surface area contributed by atoms with E-state index in [1.165, 1.54) is 10.6 Å². The first kappa shape index (κ1) is 21.8. The molecule has 7 nitrogen and oxygen atoms in total. The van der Waals surface area contributed by atoms with E-state index in [1.807, 2.05) is 35.3 Å². The van der Waals surface area contributed by atoms with E-state index < -0.39 is 15.7 Å². The largest absolute Gasteiger partial charge is 0.493 e.